The molecule has 2 unspecified atom stereocenters. The van der Waals surface area contributed by atoms with Gasteiger partial charge in [0.15, 0.2) is 0 Å². The lowest BCUT2D eigenvalue weighted by Crippen LogP contribution is -2.52. The van der Waals surface area contributed by atoms with Crippen LogP contribution in [0.1, 0.15) is 50.3 Å². The first-order valence-corrected chi connectivity index (χ1v) is 14.8. The van der Waals surface area contributed by atoms with E-state index in [0.29, 0.717) is 19.4 Å². The van der Waals surface area contributed by atoms with Crippen molar-refractivity contribution >= 4 is 28.0 Å². The minimum Gasteiger partial charge on any atom is -0.441 e. The summed E-state index contributed by atoms with van der Waals surface area (Å²) in [5, 5.41) is 16.7. The molecule has 12 heteroatoms. The Labute approximate surface area is 234 Å². The predicted molar refractivity (Wildman–Crippen MR) is 147 cm³/mol. The third-order valence-electron chi connectivity index (χ3n) is 6.60. The Hall–Kier alpha value is -3.48. The fourth-order valence-corrected chi connectivity index (χ4v) is 5.47. The number of hydrogen-bond acceptors (Lipinski definition) is 8. The molecule has 11 nitrogen and oxygen atoms in total. The number of carbonyl (C=O) groups excluding carboxylic acids is 3. The average Bonchev–Trinajstić information content (AvgIpc) is 3.32. The van der Waals surface area contributed by atoms with Gasteiger partial charge < -0.3 is 20.7 Å². The molecule has 218 valence electrons. The standard InChI is InChI=1S/C28H37N3O8S/c1-19(2)15-24(27(33)30-23(18-40(36,37)39-35)17-22-13-14-29-26(22)32)31-28(34)38-25(21-11-7-4-8-12-21)16-20-9-5-3-6-10-20/h3-12,19,22-25,35H,13-18H2,1-2H3,(H,29,32)(H,30,33)(H,31,34)/t22?,23-,24-,25?/m0/s1. The third-order valence-corrected chi connectivity index (χ3v) is 7.64. The Morgan fingerprint density at radius 3 is 2.27 bits per heavy atom. The molecule has 4 atom stereocenters. The Bertz CT molecular complexity index is 1220. The normalized spacial score (nSPS) is 17.5. The van der Waals surface area contributed by atoms with Crippen molar-refractivity contribution in [3.8, 4) is 0 Å². The Morgan fingerprint density at radius 2 is 1.70 bits per heavy atom. The van der Waals surface area contributed by atoms with Crippen LogP contribution in [0.4, 0.5) is 4.79 Å². The first-order chi connectivity index (χ1) is 19.1. The second kappa shape index (κ2) is 14.8. The van der Waals surface area contributed by atoms with Crippen molar-refractivity contribution in [2.24, 2.45) is 11.8 Å². The van der Waals surface area contributed by atoms with Gasteiger partial charge >= 0.3 is 6.09 Å². The molecule has 0 aliphatic carbocycles. The lowest BCUT2D eigenvalue weighted by atomic mass is 9.98. The molecular weight excluding hydrogens is 538 g/mol. The van der Waals surface area contributed by atoms with E-state index in [1.807, 2.05) is 74.5 Å². The quantitative estimate of drug-likeness (QED) is 0.198. The molecule has 3 rings (SSSR count). The molecule has 1 saturated heterocycles. The van der Waals surface area contributed by atoms with Crippen LogP contribution in [0.25, 0.3) is 0 Å². The zero-order valence-corrected chi connectivity index (χ0v) is 23.4. The topological polar surface area (TPSA) is 160 Å². The van der Waals surface area contributed by atoms with Crippen molar-refractivity contribution in [3.05, 3.63) is 71.8 Å². The Balaban J connectivity index is 1.73. The number of alkyl carbamates (subject to hydrolysis) is 1. The van der Waals surface area contributed by atoms with E-state index in [1.54, 1.807) is 0 Å². The van der Waals surface area contributed by atoms with E-state index in [1.165, 1.54) is 0 Å². The van der Waals surface area contributed by atoms with Crippen LogP contribution in [0, 0.1) is 11.8 Å². The molecule has 1 aliphatic rings. The molecule has 2 aromatic carbocycles. The van der Waals surface area contributed by atoms with E-state index < -0.39 is 52.0 Å². The number of rotatable bonds is 14. The average molecular weight is 576 g/mol. The van der Waals surface area contributed by atoms with E-state index in [-0.39, 0.29) is 24.7 Å². The Morgan fingerprint density at radius 1 is 1.05 bits per heavy atom. The van der Waals surface area contributed by atoms with Gasteiger partial charge in [0.1, 0.15) is 12.1 Å². The van der Waals surface area contributed by atoms with Crippen LogP contribution in [0.15, 0.2) is 60.7 Å². The van der Waals surface area contributed by atoms with Gasteiger partial charge in [0.05, 0.1) is 5.75 Å². The maximum absolute atomic E-state index is 13.3. The largest absolute Gasteiger partial charge is 0.441 e. The number of ether oxygens (including phenoxy) is 1. The molecule has 40 heavy (non-hydrogen) atoms. The molecule has 1 aliphatic heterocycles. The van der Waals surface area contributed by atoms with Crippen molar-refractivity contribution in [1.29, 1.82) is 0 Å². The second-order valence-electron chi connectivity index (χ2n) is 10.3. The van der Waals surface area contributed by atoms with Crippen LogP contribution in [0.5, 0.6) is 0 Å². The van der Waals surface area contributed by atoms with Gasteiger partial charge in [0.2, 0.25) is 11.8 Å². The highest BCUT2D eigenvalue weighted by molar-refractivity contribution is 7.86. The minimum atomic E-state index is -4.37. The molecule has 4 N–H and O–H groups in total. The van der Waals surface area contributed by atoms with Crippen molar-refractivity contribution < 1.29 is 37.1 Å². The highest BCUT2D eigenvalue weighted by Crippen LogP contribution is 2.23. The van der Waals surface area contributed by atoms with Crippen molar-refractivity contribution in [2.75, 3.05) is 12.3 Å². The van der Waals surface area contributed by atoms with E-state index in [0.717, 1.165) is 11.1 Å². The van der Waals surface area contributed by atoms with Gasteiger partial charge in [0, 0.05) is 24.9 Å². The number of benzene rings is 2. The van der Waals surface area contributed by atoms with Crippen LogP contribution >= 0.6 is 0 Å². The summed E-state index contributed by atoms with van der Waals surface area (Å²) in [5.74, 6) is -2.14. The SMILES string of the molecule is CC(C)C[C@H](NC(=O)OC(Cc1ccccc1)c1ccccc1)C(=O)N[C@@H](CC1CCNC1=O)CS(=O)(=O)OO. The third kappa shape index (κ3) is 9.92. The zero-order valence-electron chi connectivity index (χ0n) is 22.6. The molecule has 0 bridgehead atoms. The molecule has 0 saturated carbocycles. The van der Waals surface area contributed by atoms with Crippen molar-refractivity contribution in [2.45, 2.75) is 57.7 Å². The van der Waals surface area contributed by atoms with Crippen LogP contribution in [0.2, 0.25) is 0 Å². The van der Waals surface area contributed by atoms with Crippen molar-refractivity contribution in [3.63, 3.8) is 0 Å². The van der Waals surface area contributed by atoms with E-state index in [9.17, 15) is 22.8 Å². The number of nitrogens with one attached hydrogen (secondary N) is 3. The van der Waals surface area contributed by atoms with Crippen molar-refractivity contribution in [1.82, 2.24) is 16.0 Å². The highest BCUT2D eigenvalue weighted by Gasteiger charge is 2.33. The fraction of sp³-hybridized carbons (Fsp3) is 0.464. The van der Waals surface area contributed by atoms with Crippen LogP contribution in [0.3, 0.4) is 0 Å². The first kappa shape index (κ1) is 31.1. The molecule has 0 radical (unpaired) electrons. The van der Waals surface area contributed by atoms with Crippen LogP contribution in [-0.4, -0.2) is 56.0 Å². The second-order valence-corrected chi connectivity index (χ2v) is 11.9. The molecule has 3 amide bonds. The smallest absolute Gasteiger partial charge is 0.408 e. The summed E-state index contributed by atoms with van der Waals surface area (Å²) >= 11 is 0. The predicted octanol–water partition coefficient (Wildman–Crippen LogP) is 2.94. The maximum Gasteiger partial charge on any atom is 0.408 e. The summed E-state index contributed by atoms with van der Waals surface area (Å²) in [6.07, 6.45) is -0.255. The summed E-state index contributed by atoms with van der Waals surface area (Å²) in [6.45, 7) is 4.20. The number of hydrogen-bond donors (Lipinski definition) is 4. The summed E-state index contributed by atoms with van der Waals surface area (Å²) in [4.78, 5) is 38.5. The summed E-state index contributed by atoms with van der Waals surface area (Å²) < 4.78 is 33.3. The Kier molecular flexibility index (Phi) is 11.5. The van der Waals surface area contributed by atoms with Crippen LogP contribution in [-0.2, 0) is 35.2 Å². The maximum atomic E-state index is 13.3. The summed E-state index contributed by atoms with van der Waals surface area (Å²) in [6, 6.07) is 16.7. The van der Waals surface area contributed by atoms with Gasteiger partial charge in [-0.3, -0.25) is 9.59 Å². The van der Waals surface area contributed by atoms with E-state index in [2.05, 4.69) is 20.3 Å². The molecule has 0 aromatic heterocycles. The van der Waals surface area contributed by atoms with Crippen LogP contribution < -0.4 is 16.0 Å². The molecular formula is C28H37N3O8S. The van der Waals surface area contributed by atoms with Gasteiger partial charge in [-0.15, -0.1) is 4.33 Å². The van der Waals surface area contributed by atoms with Gasteiger partial charge in [0.25, 0.3) is 10.1 Å². The fourth-order valence-electron chi connectivity index (χ4n) is 4.69. The lowest BCUT2D eigenvalue weighted by molar-refractivity contribution is -0.131. The monoisotopic (exact) mass is 575 g/mol. The zero-order chi connectivity index (χ0) is 29.1. The summed E-state index contributed by atoms with van der Waals surface area (Å²) in [7, 11) is -4.37. The summed E-state index contributed by atoms with van der Waals surface area (Å²) in [5.41, 5.74) is 1.75. The highest BCUT2D eigenvalue weighted by atomic mass is 32.2. The number of amides is 3. The lowest BCUT2D eigenvalue weighted by Gasteiger charge is -2.26. The van der Waals surface area contributed by atoms with E-state index in [4.69, 9.17) is 9.99 Å². The van der Waals surface area contributed by atoms with E-state index >= 15 is 0 Å². The minimum absolute atomic E-state index is 0.00569. The number of carbonyl (C=O) groups is 3. The molecule has 1 heterocycles. The molecule has 1 fully saturated rings. The van der Waals surface area contributed by atoms with Gasteiger partial charge in [-0.05, 0) is 36.3 Å². The van der Waals surface area contributed by atoms with Gasteiger partial charge in [-0.25, -0.2) is 10.1 Å². The van der Waals surface area contributed by atoms with Gasteiger partial charge in [-0.1, -0.05) is 74.5 Å². The molecule has 0 spiro atoms. The first-order valence-electron chi connectivity index (χ1n) is 13.3. The molecule has 2 aromatic rings. The van der Waals surface area contributed by atoms with Gasteiger partial charge in [-0.2, -0.15) is 8.42 Å².